The van der Waals surface area contributed by atoms with Crippen molar-refractivity contribution < 1.29 is 14.3 Å². The van der Waals surface area contributed by atoms with Crippen LogP contribution in [0.2, 0.25) is 5.02 Å². The first-order chi connectivity index (χ1) is 15.6. The Balaban J connectivity index is 1.68. The van der Waals surface area contributed by atoms with E-state index in [2.05, 4.69) is 5.32 Å². The number of rotatable bonds is 5. The number of benzodiazepines with no additional fused rings is 1. The van der Waals surface area contributed by atoms with Crippen molar-refractivity contribution in [1.82, 2.24) is 5.32 Å². The van der Waals surface area contributed by atoms with E-state index in [1.165, 1.54) is 0 Å². The van der Waals surface area contributed by atoms with Gasteiger partial charge in [0.25, 0.3) is 0 Å². The van der Waals surface area contributed by atoms with E-state index >= 15 is 0 Å². The van der Waals surface area contributed by atoms with Crippen molar-refractivity contribution in [1.29, 1.82) is 0 Å². The monoisotopic (exact) mass is 447 g/mol. The van der Waals surface area contributed by atoms with E-state index in [0.29, 0.717) is 10.7 Å². The molecule has 32 heavy (non-hydrogen) atoms. The Hall–Kier alpha value is -3.64. The molecule has 1 N–H and O–H groups in total. The quantitative estimate of drug-likeness (QED) is 0.587. The van der Waals surface area contributed by atoms with Crippen LogP contribution in [0.3, 0.4) is 0 Å². The molecule has 1 amide bonds. The summed E-state index contributed by atoms with van der Waals surface area (Å²) in [7, 11) is 1.79. The molecule has 0 aliphatic carbocycles. The summed E-state index contributed by atoms with van der Waals surface area (Å²) in [5.41, 5.74) is 3.91. The van der Waals surface area contributed by atoms with E-state index < -0.39 is 18.3 Å². The molecule has 1 aliphatic rings. The molecule has 1 aliphatic heterocycles. The first kappa shape index (κ1) is 21.6. The number of nitrogens with one attached hydrogen (secondary N) is 1. The fourth-order valence-corrected chi connectivity index (χ4v) is 3.83. The lowest BCUT2D eigenvalue weighted by atomic mass is 10.0. The molecule has 4 rings (SSSR count). The summed E-state index contributed by atoms with van der Waals surface area (Å²) in [6.07, 6.45) is -0.737. The van der Waals surface area contributed by atoms with Crippen molar-refractivity contribution in [2.45, 2.75) is 18.8 Å². The third-order valence-corrected chi connectivity index (χ3v) is 5.53. The van der Waals surface area contributed by atoms with Gasteiger partial charge in [0.1, 0.15) is 18.9 Å². The molecule has 2 unspecified atom stereocenters. The maximum atomic E-state index is 12.6. The number of hydrogen-bond acceptors (Lipinski definition) is 5. The number of benzene rings is 3. The molecular weight excluding hydrogens is 426 g/mol. The number of carbonyl (C=O) groups is 2. The van der Waals surface area contributed by atoms with Crippen LogP contribution in [0, 0.1) is 0 Å². The van der Waals surface area contributed by atoms with Crippen LogP contribution in [0.4, 0.5) is 10.5 Å². The molecule has 0 saturated carbocycles. The van der Waals surface area contributed by atoms with Crippen molar-refractivity contribution in [3.8, 4) is 0 Å². The molecule has 6 nitrogen and oxygen atoms in total. The maximum absolute atomic E-state index is 12.6. The van der Waals surface area contributed by atoms with Crippen molar-refractivity contribution >= 4 is 35.4 Å². The minimum absolute atomic E-state index is 0.117. The Kier molecular flexibility index (Phi) is 6.52. The number of likely N-dealkylation sites (N-methyl/N-ethyl adjacent to an activating group) is 1. The molecule has 3 aromatic rings. The van der Waals surface area contributed by atoms with Crippen LogP contribution in [-0.4, -0.2) is 37.3 Å². The minimum atomic E-state index is -0.859. The van der Waals surface area contributed by atoms with Gasteiger partial charge in [0, 0.05) is 28.9 Å². The van der Waals surface area contributed by atoms with Gasteiger partial charge in [-0.2, -0.15) is 0 Å². The molecular formula is C25H22ClN3O3. The number of fused-ring (bicyclic) bond motifs is 1. The molecule has 3 aromatic carbocycles. The molecule has 0 bridgehead atoms. The highest BCUT2D eigenvalue weighted by Crippen LogP contribution is 2.31. The number of aldehydes is 1. The molecule has 0 aromatic heterocycles. The number of carbonyl (C=O) groups excluding carboxylic acids is 2. The van der Waals surface area contributed by atoms with E-state index in [0.717, 1.165) is 28.7 Å². The van der Waals surface area contributed by atoms with Crippen molar-refractivity contribution in [3.63, 3.8) is 0 Å². The van der Waals surface area contributed by atoms with Gasteiger partial charge >= 0.3 is 6.09 Å². The Bertz CT molecular complexity index is 1140. The van der Waals surface area contributed by atoms with Gasteiger partial charge in [-0.15, -0.1) is 0 Å². The van der Waals surface area contributed by atoms with Gasteiger partial charge in [-0.3, -0.25) is 10.3 Å². The zero-order valence-corrected chi connectivity index (χ0v) is 18.2. The fourth-order valence-electron chi connectivity index (χ4n) is 3.66. The van der Waals surface area contributed by atoms with E-state index in [-0.39, 0.29) is 6.61 Å². The maximum Gasteiger partial charge on any atom is 0.409 e. The van der Waals surface area contributed by atoms with Crippen molar-refractivity contribution in [2.75, 3.05) is 11.9 Å². The highest BCUT2D eigenvalue weighted by Gasteiger charge is 2.33. The summed E-state index contributed by atoms with van der Waals surface area (Å²) < 4.78 is 5.36. The van der Waals surface area contributed by atoms with Crippen LogP contribution >= 0.6 is 11.6 Å². The van der Waals surface area contributed by atoms with Gasteiger partial charge < -0.3 is 14.4 Å². The predicted molar refractivity (Wildman–Crippen MR) is 125 cm³/mol. The molecule has 1 heterocycles. The molecule has 162 valence electrons. The van der Waals surface area contributed by atoms with Gasteiger partial charge in [-0.25, -0.2) is 4.79 Å². The fraction of sp³-hybridized carbons (Fsp3) is 0.160. The second-order valence-corrected chi connectivity index (χ2v) is 7.83. The number of anilines is 1. The minimum Gasteiger partial charge on any atom is -0.445 e. The third-order valence-electron chi connectivity index (χ3n) is 5.30. The first-order valence-electron chi connectivity index (χ1n) is 10.2. The van der Waals surface area contributed by atoms with Gasteiger partial charge in [0.2, 0.25) is 0 Å². The van der Waals surface area contributed by atoms with Gasteiger partial charge in [-0.05, 0) is 23.8 Å². The molecule has 0 radical (unpaired) electrons. The number of ether oxygens (including phenoxy) is 1. The largest absolute Gasteiger partial charge is 0.445 e. The predicted octanol–water partition coefficient (Wildman–Crippen LogP) is 4.45. The number of halogens is 1. The summed E-state index contributed by atoms with van der Waals surface area (Å²) in [6, 6.07) is 23.7. The highest BCUT2D eigenvalue weighted by molar-refractivity contribution is 6.31. The average Bonchev–Trinajstić information content (AvgIpc) is 2.93. The Morgan fingerprint density at radius 2 is 1.78 bits per heavy atom. The van der Waals surface area contributed by atoms with Crippen molar-refractivity contribution in [3.05, 3.63) is 101 Å². The highest BCUT2D eigenvalue weighted by atomic mass is 35.5. The van der Waals surface area contributed by atoms with E-state index in [4.69, 9.17) is 21.3 Å². The van der Waals surface area contributed by atoms with Crippen LogP contribution in [0.15, 0.2) is 83.9 Å². The lowest BCUT2D eigenvalue weighted by Crippen LogP contribution is -2.50. The third kappa shape index (κ3) is 4.65. The standard InChI is InChI=1S/C25H22ClN3O3/c1-29-21-13-12-19(26)14-20(21)23(18-10-6-3-7-11-18)27-24(22(29)15-30)28-25(31)32-16-17-8-4-2-5-9-17/h2-15,22,24H,16H2,1H3,(H,28,31). The van der Waals surface area contributed by atoms with E-state index in [1.54, 1.807) is 18.0 Å². The van der Waals surface area contributed by atoms with Crippen molar-refractivity contribution in [2.24, 2.45) is 4.99 Å². The topological polar surface area (TPSA) is 71.0 Å². The number of aliphatic imine (C=N–C) groups is 1. The number of hydrogen-bond donors (Lipinski definition) is 1. The summed E-state index contributed by atoms with van der Waals surface area (Å²) in [4.78, 5) is 31.3. The lowest BCUT2D eigenvalue weighted by Gasteiger charge is -2.29. The summed E-state index contributed by atoms with van der Waals surface area (Å²) in [6.45, 7) is 0.117. The van der Waals surface area contributed by atoms with E-state index in [9.17, 15) is 9.59 Å². The molecule has 0 saturated heterocycles. The van der Waals surface area contributed by atoms with Gasteiger partial charge in [0.15, 0.2) is 6.17 Å². The lowest BCUT2D eigenvalue weighted by molar-refractivity contribution is -0.109. The first-order valence-corrected chi connectivity index (χ1v) is 10.5. The van der Waals surface area contributed by atoms with Crippen LogP contribution < -0.4 is 10.2 Å². The number of alkyl carbamates (subject to hydrolysis) is 1. The number of nitrogens with zero attached hydrogens (tertiary/aromatic N) is 2. The molecule has 0 spiro atoms. The molecule has 0 fully saturated rings. The zero-order valence-electron chi connectivity index (χ0n) is 17.4. The smallest absolute Gasteiger partial charge is 0.409 e. The summed E-state index contributed by atoms with van der Waals surface area (Å²) in [5, 5.41) is 3.31. The van der Waals surface area contributed by atoms with Gasteiger partial charge in [0.05, 0.1) is 5.71 Å². The van der Waals surface area contributed by atoms with Gasteiger partial charge in [-0.1, -0.05) is 72.3 Å². The molecule has 7 heteroatoms. The van der Waals surface area contributed by atoms with Crippen LogP contribution in [0.1, 0.15) is 16.7 Å². The summed E-state index contributed by atoms with van der Waals surface area (Å²) >= 11 is 6.29. The van der Waals surface area contributed by atoms with Crippen LogP contribution in [-0.2, 0) is 16.1 Å². The summed E-state index contributed by atoms with van der Waals surface area (Å²) in [5.74, 6) is 0. The number of amides is 1. The normalized spacial score (nSPS) is 17.6. The second kappa shape index (κ2) is 9.66. The second-order valence-electron chi connectivity index (χ2n) is 7.39. The Morgan fingerprint density at radius 1 is 1.09 bits per heavy atom. The SMILES string of the molecule is CN1c2ccc(Cl)cc2C(c2ccccc2)=NC(NC(=O)OCc2ccccc2)C1C=O. The zero-order chi connectivity index (χ0) is 22.5. The van der Waals surface area contributed by atoms with Crippen LogP contribution in [0.5, 0.6) is 0 Å². The van der Waals surface area contributed by atoms with E-state index in [1.807, 2.05) is 72.8 Å². The Morgan fingerprint density at radius 3 is 2.47 bits per heavy atom. The molecule has 2 atom stereocenters. The van der Waals surface area contributed by atoms with Crippen LogP contribution in [0.25, 0.3) is 0 Å². The Labute approximate surface area is 191 Å². The average molecular weight is 448 g/mol.